The molecule has 1 N–H and O–H groups in total. The van der Waals surface area contributed by atoms with Crippen LogP contribution < -0.4 is 5.32 Å². The van der Waals surface area contributed by atoms with Gasteiger partial charge in [-0.25, -0.2) is 4.39 Å². The quantitative estimate of drug-likeness (QED) is 0.757. The minimum absolute atomic E-state index is 0.218. The zero-order valence-electron chi connectivity index (χ0n) is 11.3. The molecule has 0 unspecified atom stereocenters. The van der Waals surface area contributed by atoms with Gasteiger partial charge < -0.3 is 5.32 Å². The Morgan fingerprint density at radius 3 is 2.71 bits per heavy atom. The van der Waals surface area contributed by atoms with Crippen molar-refractivity contribution in [1.82, 2.24) is 10.3 Å². The van der Waals surface area contributed by atoms with Crippen molar-refractivity contribution < 1.29 is 4.39 Å². The Balaban J connectivity index is 1.74. The molecule has 0 saturated heterocycles. The highest BCUT2D eigenvalue weighted by molar-refractivity contribution is 9.10. The van der Waals surface area contributed by atoms with Crippen LogP contribution in [0.15, 0.2) is 59.2 Å². The van der Waals surface area contributed by atoms with Gasteiger partial charge in [-0.1, -0.05) is 34.1 Å². The summed E-state index contributed by atoms with van der Waals surface area (Å²) >= 11 is 3.44. The first-order valence-corrected chi connectivity index (χ1v) is 7.50. The van der Waals surface area contributed by atoms with E-state index in [2.05, 4.69) is 32.3 Å². The van der Waals surface area contributed by atoms with E-state index in [1.165, 1.54) is 11.6 Å². The molecule has 3 rings (SSSR count). The predicted octanol–water partition coefficient (Wildman–Crippen LogP) is 4.43. The molecule has 21 heavy (non-hydrogen) atoms. The van der Waals surface area contributed by atoms with Crippen LogP contribution in [0.3, 0.4) is 0 Å². The SMILES string of the molecule is Fc1ccc(Br)c(CNCc2ccnc3ccccc23)c1. The monoisotopic (exact) mass is 344 g/mol. The molecule has 0 aliphatic heterocycles. The van der Waals surface area contributed by atoms with Crippen molar-refractivity contribution in [3.63, 3.8) is 0 Å². The van der Waals surface area contributed by atoms with Gasteiger partial charge in [0.05, 0.1) is 5.52 Å². The van der Waals surface area contributed by atoms with Gasteiger partial charge in [0.25, 0.3) is 0 Å². The zero-order valence-corrected chi connectivity index (χ0v) is 12.9. The van der Waals surface area contributed by atoms with E-state index < -0.39 is 0 Å². The summed E-state index contributed by atoms with van der Waals surface area (Å²) in [6.07, 6.45) is 1.82. The van der Waals surface area contributed by atoms with E-state index in [-0.39, 0.29) is 5.82 Å². The highest BCUT2D eigenvalue weighted by atomic mass is 79.9. The number of benzene rings is 2. The number of halogens is 2. The molecular formula is C17H14BrFN2. The molecule has 0 saturated carbocycles. The summed E-state index contributed by atoms with van der Waals surface area (Å²) in [5.74, 6) is -0.218. The number of nitrogens with zero attached hydrogens (tertiary/aromatic N) is 1. The van der Waals surface area contributed by atoms with Crippen LogP contribution in [0.4, 0.5) is 4.39 Å². The molecule has 0 amide bonds. The highest BCUT2D eigenvalue weighted by Crippen LogP contribution is 2.19. The molecule has 0 atom stereocenters. The molecule has 3 aromatic rings. The summed E-state index contributed by atoms with van der Waals surface area (Å²) in [6, 6.07) is 14.8. The molecule has 106 valence electrons. The minimum atomic E-state index is -0.218. The van der Waals surface area contributed by atoms with Gasteiger partial charge in [-0.2, -0.15) is 0 Å². The maximum Gasteiger partial charge on any atom is 0.123 e. The van der Waals surface area contributed by atoms with E-state index in [0.717, 1.165) is 20.9 Å². The Morgan fingerprint density at radius 1 is 1.00 bits per heavy atom. The van der Waals surface area contributed by atoms with E-state index in [0.29, 0.717) is 13.1 Å². The molecule has 4 heteroatoms. The van der Waals surface area contributed by atoms with Crippen LogP contribution >= 0.6 is 15.9 Å². The van der Waals surface area contributed by atoms with Crippen LogP contribution in [-0.4, -0.2) is 4.98 Å². The van der Waals surface area contributed by atoms with Gasteiger partial charge in [-0.05, 0) is 41.5 Å². The standard InChI is InChI=1S/C17H14BrFN2/c18-16-6-5-14(19)9-13(16)11-20-10-12-7-8-21-17-4-2-1-3-15(12)17/h1-9,20H,10-11H2. The third-order valence-electron chi connectivity index (χ3n) is 3.38. The van der Waals surface area contributed by atoms with Gasteiger partial charge in [0.2, 0.25) is 0 Å². The van der Waals surface area contributed by atoms with E-state index >= 15 is 0 Å². The number of hydrogen-bond acceptors (Lipinski definition) is 2. The fourth-order valence-corrected chi connectivity index (χ4v) is 2.71. The Kier molecular flexibility index (Phi) is 4.27. The second kappa shape index (κ2) is 6.33. The van der Waals surface area contributed by atoms with Crippen LogP contribution in [0.5, 0.6) is 0 Å². The second-order valence-corrected chi connectivity index (χ2v) is 5.68. The van der Waals surface area contributed by atoms with Gasteiger partial charge in [0.15, 0.2) is 0 Å². The first-order valence-electron chi connectivity index (χ1n) is 6.71. The Morgan fingerprint density at radius 2 is 1.81 bits per heavy atom. The molecule has 0 fully saturated rings. The first-order chi connectivity index (χ1) is 10.2. The highest BCUT2D eigenvalue weighted by Gasteiger charge is 2.04. The van der Waals surface area contributed by atoms with Crippen molar-refractivity contribution in [2.24, 2.45) is 0 Å². The van der Waals surface area contributed by atoms with Crippen LogP contribution in [0, 0.1) is 5.82 Å². The molecule has 2 nitrogen and oxygen atoms in total. The number of para-hydroxylation sites is 1. The number of aromatic nitrogens is 1. The third kappa shape index (κ3) is 3.28. The Hall–Kier alpha value is -1.78. The maximum atomic E-state index is 13.2. The van der Waals surface area contributed by atoms with Crippen molar-refractivity contribution in [2.45, 2.75) is 13.1 Å². The molecule has 1 heterocycles. The summed E-state index contributed by atoms with van der Waals surface area (Å²) in [5, 5.41) is 4.50. The van der Waals surface area contributed by atoms with Gasteiger partial charge in [0, 0.05) is 29.1 Å². The molecular weight excluding hydrogens is 331 g/mol. The molecule has 0 spiro atoms. The number of nitrogens with one attached hydrogen (secondary N) is 1. The summed E-state index contributed by atoms with van der Waals surface area (Å²) in [5.41, 5.74) is 3.09. The largest absolute Gasteiger partial charge is 0.309 e. The summed E-state index contributed by atoms with van der Waals surface area (Å²) in [4.78, 5) is 4.35. The lowest BCUT2D eigenvalue weighted by Crippen LogP contribution is -2.13. The number of hydrogen-bond donors (Lipinski definition) is 1. The summed E-state index contributed by atoms with van der Waals surface area (Å²) < 4.78 is 14.2. The molecule has 0 aliphatic carbocycles. The molecule has 1 aromatic heterocycles. The summed E-state index contributed by atoms with van der Waals surface area (Å²) in [7, 11) is 0. The van der Waals surface area contributed by atoms with E-state index in [4.69, 9.17) is 0 Å². The predicted molar refractivity (Wildman–Crippen MR) is 86.4 cm³/mol. The summed E-state index contributed by atoms with van der Waals surface area (Å²) in [6.45, 7) is 1.32. The van der Waals surface area contributed by atoms with Gasteiger partial charge in [0.1, 0.15) is 5.82 Å². The fraction of sp³-hybridized carbons (Fsp3) is 0.118. The number of rotatable bonds is 4. The van der Waals surface area contributed by atoms with Crippen LogP contribution in [0.25, 0.3) is 10.9 Å². The van der Waals surface area contributed by atoms with Crippen LogP contribution in [0.1, 0.15) is 11.1 Å². The average Bonchev–Trinajstić information content (AvgIpc) is 2.51. The van der Waals surface area contributed by atoms with Crippen LogP contribution in [0.2, 0.25) is 0 Å². The number of pyridine rings is 1. The second-order valence-electron chi connectivity index (χ2n) is 4.83. The van der Waals surface area contributed by atoms with Crippen molar-refractivity contribution in [1.29, 1.82) is 0 Å². The van der Waals surface area contributed by atoms with E-state index in [1.54, 1.807) is 12.1 Å². The molecule has 0 bridgehead atoms. The molecule has 0 radical (unpaired) electrons. The lowest BCUT2D eigenvalue weighted by atomic mass is 10.1. The zero-order chi connectivity index (χ0) is 14.7. The molecule has 0 aliphatic rings. The van der Waals surface area contributed by atoms with Crippen LogP contribution in [-0.2, 0) is 13.1 Å². The number of fused-ring (bicyclic) bond motifs is 1. The van der Waals surface area contributed by atoms with Crippen molar-refractivity contribution in [2.75, 3.05) is 0 Å². The minimum Gasteiger partial charge on any atom is -0.309 e. The normalized spacial score (nSPS) is 11.0. The molecule has 2 aromatic carbocycles. The van der Waals surface area contributed by atoms with Gasteiger partial charge in [-0.15, -0.1) is 0 Å². The van der Waals surface area contributed by atoms with E-state index in [1.807, 2.05) is 30.5 Å². The Labute approximate surface area is 131 Å². The maximum absolute atomic E-state index is 13.2. The Bertz CT molecular complexity index is 768. The lowest BCUT2D eigenvalue weighted by Gasteiger charge is -2.09. The van der Waals surface area contributed by atoms with Gasteiger partial charge in [-0.3, -0.25) is 4.98 Å². The van der Waals surface area contributed by atoms with Crippen molar-refractivity contribution in [3.8, 4) is 0 Å². The van der Waals surface area contributed by atoms with Crippen molar-refractivity contribution in [3.05, 3.63) is 76.1 Å². The van der Waals surface area contributed by atoms with E-state index in [9.17, 15) is 4.39 Å². The average molecular weight is 345 g/mol. The third-order valence-corrected chi connectivity index (χ3v) is 4.15. The first kappa shape index (κ1) is 14.2. The van der Waals surface area contributed by atoms with Gasteiger partial charge >= 0.3 is 0 Å². The fourth-order valence-electron chi connectivity index (χ4n) is 2.32. The van der Waals surface area contributed by atoms with Crippen molar-refractivity contribution >= 4 is 26.8 Å². The topological polar surface area (TPSA) is 24.9 Å². The lowest BCUT2D eigenvalue weighted by molar-refractivity contribution is 0.619. The smallest absolute Gasteiger partial charge is 0.123 e.